The van der Waals surface area contributed by atoms with E-state index in [4.69, 9.17) is 0 Å². The van der Waals surface area contributed by atoms with Gasteiger partial charge in [0.15, 0.2) is 0 Å². The number of aromatic hydroxyl groups is 1. The number of nitrogens with zero attached hydrogens (tertiary/aromatic N) is 1. The van der Waals surface area contributed by atoms with Crippen LogP contribution in [0.2, 0.25) is 0 Å². The molecule has 100 valence electrons. The molecule has 1 heterocycles. The Morgan fingerprint density at radius 2 is 2.06 bits per heavy atom. The highest BCUT2D eigenvalue weighted by molar-refractivity contribution is 9.10. The summed E-state index contributed by atoms with van der Waals surface area (Å²) in [6.45, 7) is 7.91. The molecule has 0 aromatic heterocycles. The molecule has 1 aliphatic heterocycles. The first-order valence-corrected chi connectivity index (χ1v) is 7.52. The predicted octanol–water partition coefficient (Wildman–Crippen LogP) is 4.34. The molecule has 2 rings (SSSR count). The zero-order valence-corrected chi connectivity index (χ0v) is 12.9. The molecule has 1 aromatic carbocycles. The molecule has 3 heteroatoms. The van der Waals surface area contributed by atoms with Crippen LogP contribution in [-0.4, -0.2) is 22.6 Å². The molecule has 0 radical (unpaired) electrons. The largest absolute Gasteiger partial charge is 0.508 e. The standard InChI is InChI=1S/C15H22BrNO/c1-10-4-5-11(2)17(9-10)12(3)14-8-13(16)6-7-15(14)18/h6-8,10-12,18H,4-5,9H2,1-3H3. The number of likely N-dealkylation sites (tertiary alicyclic amines) is 1. The lowest BCUT2D eigenvalue weighted by Gasteiger charge is -2.41. The number of piperidine rings is 1. The van der Waals surface area contributed by atoms with E-state index in [1.54, 1.807) is 6.07 Å². The third kappa shape index (κ3) is 2.89. The lowest BCUT2D eigenvalue weighted by atomic mass is 9.92. The van der Waals surface area contributed by atoms with Gasteiger partial charge in [-0.2, -0.15) is 0 Å². The molecule has 0 saturated carbocycles. The van der Waals surface area contributed by atoms with E-state index in [0.717, 1.165) is 22.5 Å². The number of halogens is 1. The molecule has 1 N–H and O–H groups in total. The molecular formula is C15H22BrNO. The Morgan fingerprint density at radius 1 is 1.33 bits per heavy atom. The van der Waals surface area contributed by atoms with Crippen LogP contribution in [0.15, 0.2) is 22.7 Å². The highest BCUT2D eigenvalue weighted by Crippen LogP contribution is 2.35. The van der Waals surface area contributed by atoms with Gasteiger partial charge in [-0.25, -0.2) is 0 Å². The van der Waals surface area contributed by atoms with E-state index < -0.39 is 0 Å². The lowest BCUT2D eigenvalue weighted by molar-refractivity contribution is 0.0833. The second-order valence-electron chi connectivity index (χ2n) is 5.61. The van der Waals surface area contributed by atoms with E-state index >= 15 is 0 Å². The Kier molecular flexibility index (Phi) is 4.33. The molecule has 0 aliphatic carbocycles. The normalized spacial score (nSPS) is 27.1. The summed E-state index contributed by atoms with van der Waals surface area (Å²) in [5.74, 6) is 1.15. The zero-order valence-electron chi connectivity index (χ0n) is 11.4. The molecule has 1 aromatic rings. The van der Waals surface area contributed by atoms with Crippen LogP contribution < -0.4 is 0 Å². The van der Waals surface area contributed by atoms with Gasteiger partial charge in [-0.05, 0) is 50.8 Å². The number of benzene rings is 1. The van der Waals surface area contributed by atoms with Crippen LogP contribution in [0.25, 0.3) is 0 Å². The maximum Gasteiger partial charge on any atom is 0.120 e. The third-order valence-electron chi connectivity index (χ3n) is 4.10. The van der Waals surface area contributed by atoms with Crippen molar-refractivity contribution in [2.75, 3.05) is 6.54 Å². The van der Waals surface area contributed by atoms with E-state index in [-0.39, 0.29) is 6.04 Å². The topological polar surface area (TPSA) is 23.5 Å². The molecule has 1 aliphatic rings. The summed E-state index contributed by atoms with van der Waals surface area (Å²) in [5.41, 5.74) is 1.02. The van der Waals surface area contributed by atoms with Crippen molar-refractivity contribution in [3.63, 3.8) is 0 Å². The van der Waals surface area contributed by atoms with Crippen LogP contribution in [0.5, 0.6) is 5.75 Å². The SMILES string of the molecule is CC1CCC(C)N(C(C)c2cc(Br)ccc2O)C1. The minimum absolute atomic E-state index is 0.264. The van der Waals surface area contributed by atoms with Gasteiger partial charge in [0.25, 0.3) is 0 Å². The predicted molar refractivity (Wildman–Crippen MR) is 78.8 cm³/mol. The second kappa shape index (κ2) is 5.62. The van der Waals surface area contributed by atoms with Gasteiger partial charge >= 0.3 is 0 Å². The van der Waals surface area contributed by atoms with Gasteiger partial charge in [-0.15, -0.1) is 0 Å². The quantitative estimate of drug-likeness (QED) is 0.878. The van der Waals surface area contributed by atoms with E-state index in [9.17, 15) is 5.11 Å². The van der Waals surface area contributed by atoms with Gasteiger partial charge in [0.1, 0.15) is 5.75 Å². The van der Waals surface area contributed by atoms with Gasteiger partial charge in [-0.1, -0.05) is 22.9 Å². The number of phenolic OH excluding ortho intramolecular Hbond substituents is 1. The average Bonchev–Trinajstić information content (AvgIpc) is 2.34. The highest BCUT2D eigenvalue weighted by Gasteiger charge is 2.28. The summed E-state index contributed by atoms with van der Waals surface area (Å²) in [6.07, 6.45) is 2.56. The number of hydrogen-bond acceptors (Lipinski definition) is 2. The van der Waals surface area contributed by atoms with E-state index in [1.807, 2.05) is 12.1 Å². The summed E-state index contributed by atoms with van der Waals surface area (Å²) in [4.78, 5) is 2.51. The van der Waals surface area contributed by atoms with Gasteiger partial charge in [0, 0.05) is 28.7 Å². The highest BCUT2D eigenvalue weighted by atomic mass is 79.9. The Balaban J connectivity index is 2.23. The van der Waals surface area contributed by atoms with Gasteiger partial charge in [0.2, 0.25) is 0 Å². The second-order valence-corrected chi connectivity index (χ2v) is 6.52. The molecule has 2 nitrogen and oxygen atoms in total. The number of hydrogen-bond donors (Lipinski definition) is 1. The van der Waals surface area contributed by atoms with Gasteiger partial charge in [0.05, 0.1) is 0 Å². The monoisotopic (exact) mass is 311 g/mol. The fourth-order valence-electron chi connectivity index (χ4n) is 2.90. The summed E-state index contributed by atoms with van der Waals surface area (Å²) in [7, 11) is 0. The van der Waals surface area contributed by atoms with Crippen molar-refractivity contribution in [3.8, 4) is 5.75 Å². The average molecular weight is 312 g/mol. The van der Waals surface area contributed by atoms with Crippen molar-refractivity contribution in [1.82, 2.24) is 4.90 Å². The van der Waals surface area contributed by atoms with Crippen molar-refractivity contribution in [2.24, 2.45) is 5.92 Å². The fraction of sp³-hybridized carbons (Fsp3) is 0.600. The maximum absolute atomic E-state index is 10.0. The molecule has 3 unspecified atom stereocenters. The third-order valence-corrected chi connectivity index (χ3v) is 4.60. The van der Waals surface area contributed by atoms with Gasteiger partial charge in [-0.3, -0.25) is 4.90 Å². The Labute approximate surface area is 118 Å². The first-order chi connectivity index (χ1) is 8.49. The summed E-state index contributed by atoms with van der Waals surface area (Å²) in [5, 5.41) is 10.0. The van der Waals surface area contributed by atoms with E-state index in [1.165, 1.54) is 12.8 Å². The minimum atomic E-state index is 0.264. The van der Waals surface area contributed by atoms with Crippen molar-refractivity contribution in [3.05, 3.63) is 28.2 Å². The lowest BCUT2D eigenvalue weighted by Crippen LogP contribution is -2.42. The Morgan fingerprint density at radius 3 is 2.78 bits per heavy atom. The van der Waals surface area contributed by atoms with Crippen LogP contribution >= 0.6 is 15.9 Å². The van der Waals surface area contributed by atoms with Gasteiger partial charge < -0.3 is 5.11 Å². The van der Waals surface area contributed by atoms with Crippen LogP contribution in [0.4, 0.5) is 0 Å². The molecule has 1 fully saturated rings. The smallest absolute Gasteiger partial charge is 0.120 e. The van der Waals surface area contributed by atoms with Crippen LogP contribution in [0.1, 0.15) is 45.2 Å². The first-order valence-electron chi connectivity index (χ1n) is 6.73. The fourth-order valence-corrected chi connectivity index (χ4v) is 3.28. The summed E-state index contributed by atoms with van der Waals surface area (Å²) >= 11 is 3.49. The molecular weight excluding hydrogens is 290 g/mol. The molecule has 3 atom stereocenters. The maximum atomic E-state index is 10.0. The van der Waals surface area contributed by atoms with Crippen molar-refractivity contribution < 1.29 is 5.11 Å². The minimum Gasteiger partial charge on any atom is -0.508 e. The van der Waals surface area contributed by atoms with Crippen molar-refractivity contribution in [1.29, 1.82) is 0 Å². The number of rotatable bonds is 2. The van der Waals surface area contributed by atoms with Crippen LogP contribution in [0, 0.1) is 5.92 Å². The van der Waals surface area contributed by atoms with Crippen LogP contribution in [-0.2, 0) is 0 Å². The molecule has 0 bridgehead atoms. The van der Waals surface area contributed by atoms with E-state index in [2.05, 4.69) is 41.6 Å². The van der Waals surface area contributed by atoms with Crippen molar-refractivity contribution in [2.45, 2.75) is 45.7 Å². The zero-order chi connectivity index (χ0) is 13.3. The molecule has 0 amide bonds. The molecule has 18 heavy (non-hydrogen) atoms. The summed E-state index contributed by atoms with van der Waals surface area (Å²) < 4.78 is 1.03. The Hall–Kier alpha value is -0.540. The Bertz CT molecular complexity index is 421. The van der Waals surface area contributed by atoms with Crippen LogP contribution in [0.3, 0.4) is 0 Å². The number of phenols is 1. The van der Waals surface area contributed by atoms with E-state index in [0.29, 0.717) is 11.8 Å². The van der Waals surface area contributed by atoms with Crippen molar-refractivity contribution >= 4 is 15.9 Å². The molecule has 1 saturated heterocycles. The summed E-state index contributed by atoms with van der Waals surface area (Å²) in [6, 6.07) is 6.54. The molecule has 0 spiro atoms. The first kappa shape index (κ1) is 13.9.